The summed E-state index contributed by atoms with van der Waals surface area (Å²) in [6.45, 7) is 5.53. The third kappa shape index (κ3) is 4.62. The average molecular weight is 481 g/mol. The fourth-order valence-electron chi connectivity index (χ4n) is 3.95. The number of ether oxygens (including phenoxy) is 1. The molecule has 1 aromatic heterocycles. The van der Waals surface area contributed by atoms with Gasteiger partial charge < -0.3 is 9.30 Å². The maximum atomic E-state index is 13.8. The van der Waals surface area contributed by atoms with Gasteiger partial charge in [0, 0.05) is 17.1 Å². The van der Waals surface area contributed by atoms with Crippen LogP contribution in [0.15, 0.2) is 71.3 Å². The molecule has 0 radical (unpaired) electrons. The number of amides is 1. The summed E-state index contributed by atoms with van der Waals surface area (Å²) in [6, 6.07) is 16.4. The lowest BCUT2D eigenvalue weighted by Crippen LogP contribution is -2.25. The van der Waals surface area contributed by atoms with Crippen molar-refractivity contribution in [2.24, 2.45) is 5.10 Å². The van der Waals surface area contributed by atoms with Crippen molar-refractivity contribution in [3.05, 3.63) is 88.8 Å². The van der Waals surface area contributed by atoms with Crippen molar-refractivity contribution in [3.8, 4) is 5.69 Å². The van der Waals surface area contributed by atoms with Crippen LogP contribution in [0, 0.1) is 13.8 Å². The Morgan fingerprint density at radius 3 is 2.29 bits per heavy atom. The smallest absolute Gasteiger partial charge is 0.435 e. The van der Waals surface area contributed by atoms with Crippen LogP contribution in [0.5, 0.6) is 0 Å². The normalized spacial score (nSPS) is 15.0. The predicted octanol–water partition coefficient (Wildman–Crippen LogP) is 5.62. The fourth-order valence-corrected chi connectivity index (χ4v) is 3.95. The number of para-hydroxylation sites is 1. The van der Waals surface area contributed by atoms with Crippen LogP contribution in [0.3, 0.4) is 0 Å². The molecule has 2 heterocycles. The van der Waals surface area contributed by atoms with Crippen LogP contribution in [0.1, 0.15) is 34.2 Å². The molecular formula is C26H22F3N3O3. The molecule has 1 amide bonds. The lowest BCUT2D eigenvalue weighted by molar-refractivity contribution is -0.114. The first-order chi connectivity index (χ1) is 16.6. The van der Waals surface area contributed by atoms with E-state index in [1.54, 1.807) is 69.3 Å². The third-order valence-electron chi connectivity index (χ3n) is 5.55. The number of alkyl halides is 3. The van der Waals surface area contributed by atoms with Gasteiger partial charge in [0.05, 0.1) is 23.4 Å². The van der Waals surface area contributed by atoms with Gasteiger partial charge in [0.1, 0.15) is 0 Å². The Hall–Kier alpha value is -4.14. The quantitative estimate of drug-likeness (QED) is 0.351. The summed E-state index contributed by atoms with van der Waals surface area (Å²) in [5.74, 6) is -1.29. The SMILES string of the molecule is CCOC(=O)c1ccc(-n2c(C)cc(/C=C3\C(=O)N(c4ccccc4)N=C3C(F)(F)F)c2C)cc1. The number of aromatic nitrogens is 1. The van der Waals surface area contributed by atoms with Crippen LogP contribution in [0.2, 0.25) is 0 Å². The predicted molar refractivity (Wildman–Crippen MR) is 127 cm³/mol. The summed E-state index contributed by atoms with van der Waals surface area (Å²) in [5.41, 5.74) is 1.41. The van der Waals surface area contributed by atoms with Crippen molar-refractivity contribution in [1.82, 2.24) is 4.57 Å². The fraction of sp³-hybridized carbons (Fsp3) is 0.192. The Bertz CT molecular complexity index is 1340. The topological polar surface area (TPSA) is 63.9 Å². The lowest BCUT2D eigenvalue weighted by Gasteiger charge is -2.11. The second-order valence-electron chi connectivity index (χ2n) is 7.89. The molecule has 35 heavy (non-hydrogen) atoms. The molecule has 0 bridgehead atoms. The Morgan fingerprint density at radius 2 is 1.69 bits per heavy atom. The summed E-state index contributed by atoms with van der Waals surface area (Å²) in [7, 11) is 0. The van der Waals surface area contributed by atoms with E-state index >= 15 is 0 Å². The number of hydrogen-bond donors (Lipinski definition) is 0. The molecule has 0 N–H and O–H groups in total. The highest BCUT2D eigenvalue weighted by molar-refractivity contribution is 6.34. The molecule has 1 aliphatic heterocycles. The van der Waals surface area contributed by atoms with Crippen LogP contribution >= 0.6 is 0 Å². The largest absolute Gasteiger partial charge is 0.462 e. The molecule has 3 aromatic rings. The Morgan fingerprint density at radius 1 is 1.03 bits per heavy atom. The molecule has 6 nitrogen and oxygen atoms in total. The van der Waals surface area contributed by atoms with Crippen LogP contribution in [0.25, 0.3) is 11.8 Å². The molecule has 0 aliphatic carbocycles. The molecule has 1 aliphatic rings. The number of halogens is 3. The Balaban J connectivity index is 1.73. The van der Waals surface area contributed by atoms with Gasteiger partial charge in [-0.25, -0.2) is 4.79 Å². The second-order valence-corrected chi connectivity index (χ2v) is 7.89. The van der Waals surface area contributed by atoms with E-state index in [0.717, 1.165) is 10.7 Å². The lowest BCUT2D eigenvalue weighted by atomic mass is 10.1. The minimum absolute atomic E-state index is 0.245. The van der Waals surface area contributed by atoms with E-state index in [4.69, 9.17) is 4.74 Å². The second kappa shape index (κ2) is 9.25. The summed E-state index contributed by atoms with van der Waals surface area (Å²) < 4.78 is 48.2. The monoisotopic (exact) mass is 481 g/mol. The van der Waals surface area contributed by atoms with Crippen molar-refractivity contribution in [2.45, 2.75) is 26.9 Å². The molecule has 0 unspecified atom stereocenters. The maximum absolute atomic E-state index is 13.8. The highest BCUT2D eigenvalue weighted by Gasteiger charge is 2.46. The zero-order valence-corrected chi connectivity index (χ0v) is 19.3. The molecule has 4 rings (SSSR count). The molecule has 0 fully saturated rings. The maximum Gasteiger partial charge on any atom is 0.435 e. The number of anilines is 1. The summed E-state index contributed by atoms with van der Waals surface area (Å²) in [5, 5.41) is 4.37. The average Bonchev–Trinajstić information content (AvgIpc) is 3.30. The number of benzene rings is 2. The third-order valence-corrected chi connectivity index (χ3v) is 5.55. The number of aryl methyl sites for hydroxylation is 1. The van der Waals surface area contributed by atoms with Crippen molar-refractivity contribution in [3.63, 3.8) is 0 Å². The van der Waals surface area contributed by atoms with Crippen molar-refractivity contribution in [2.75, 3.05) is 11.6 Å². The van der Waals surface area contributed by atoms with Crippen LogP contribution in [-0.2, 0) is 9.53 Å². The standard InChI is InChI=1S/C26H22F3N3O3/c1-4-35-25(34)18-10-12-20(13-11-18)31-16(2)14-19(17(31)3)15-22-23(26(27,28)29)30-32(24(22)33)21-8-6-5-7-9-21/h5-15H,4H2,1-3H3/b22-15-. The minimum Gasteiger partial charge on any atom is -0.462 e. The highest BCUT2D eigenvalue weighted by atomic mass is 19.4. The molecule has 0 atom stereocenters. The van der Waals surface area contributed by atoms with Gasteiger partial charge in [0.25, 0.3) is 5.91 Å². The van der Waals surface area contributed by atoms with Crippen LogP contribution < -0.4 is 5.01 Å². The summed E-state index contributed by atoms with van der Waals surface area (Å²) in [4.78, 5) is 24.9. The number of esters is 1. The van der Waals surface area contributed by atoms with E-state index in [9.17, 15) is 22.8 Å². The van der Waals surface area contributed by atoms with Gasteiger partial charge in [-0.1, -0.05) is 18.2 Å². The van der Waals surface area contributed by atoms with Crippen LogP contribution in [-0.4, -0.2) is 34.9 Å². The minimum atomic E-state index is -4.81. The van der Waals surface area contributed by atoms with Crippen molar-refractivity contribution >= 4 is 29.4 Å². The van der Waals surface area contributed by atoms with E-state index in [1.165, 1.54) is 18.2 Å². The Labute approximate surface area is 199 Å². The van der Waals surface area contributed by atoms with E-state index < -0.39 is 29.3 Å². The van der Waals surface area contributed by atoms with Gasteiger partial charge in [-0.2, -0.15) is 23.3 Å². The molecule has 9 heteroatoms. The zero-order valence-electron chi connectivity index (χ0n) is 19.3. The molecule has 0 saturated heterocycles. The van der Waals surface area contributed by atoms with E-state index in [-0.39, 0.29) is 12.3 Å². The first kappa shape index (κ1) is 24.0. The van der Waals surface area contributed by atoms with E-state index in [2.05, 4.69) is 5.10 Å². The van der Waals surface area contributed by atoms with Crippen molar-refractivity contribution < 1.29 is 27.5 Å². The van der Waals surface area contributed by atoms with Gasteiger partial charge in [0.15, 0.2) is 5.71 Å². The number of carbonyl (C=O) groups is 2. The molecule has 0 spiro atoms. The Kier molecular flexibility index (Phi) is 6.34. The van der Waals surface area contributed by atoms with E-state index in [1.807, 2.05) is 4.57 Å². The van der Waals surface area contributed by atoms with Gasteiger partial charge in [0.2, 0.25) is 0 Å². The highest BCUT2D eigenvalue weighted by Crippen LogP contribution is 2.33. The number of rotatable bonds is 5. The zero-order chi connectivity index (χ0) is 25.3. The van der Waals surface area contributed by atoms with Crippen LogP contribution in [0.4, 0.5) is 18.9 Å². The van der Waals surface area contributed by atoms with Gasteiger partial charge >= 0.3 is 12.1 Å². The van der Waals surface area contributed by atoms with Gasteiger partial charge in [-0.3, -0.25) is 4.79 Å². The number of carbonyl (C=O) groups excluding carboxylic acids is 2. The first-order valence-corrected chi connectivity index (χ1v) is 10.9. The number of hydrogen-bond acceptors (Lipinski definition) is 4. The van der Waals surface area contributed by atoms with Gasteiger partial charge in [-0.05, 0) is 74.9 Å². The summed E-state index contributed by atoms with van der Waals surface area (Å²) in [6.07, 6.45) is -3.58. The first-order valence-electron chi connectivity index (χ1n) is 10.9. The van der Waals surface area contributed by atoms with Gasteiger partial charge in [-0.15, -0.1) is 0 Å². The number of nitrogens with zero attached hydrogens (tertiary/aromatic N) is 3. The van der Waals surface area contributed by atoms with E-state index in [0.29, 0.717) is 22.5 Å². The summed E-state index contributed by atoms with van der Waals surface area (Å²) >= 11 is 0. The van der Waals surface area contributed by atoms with Crippen molar-refractivity contribution in [1.29, 1.82) is 0 Å². The molecular weight excluding hydrogens is 459 g/mol. The molecule has 0 saturated carbocycles. The molecule has 180 valence electrons. The molecule has 2 aromatic carbocycles. The number of hydrazone groups is 1.